The number of ether oxygens (including phenoxy) is 2. The van der Waals surface area contributed by atoms with Gasteiger partial charge in [0.2, 0.25) is 5.91 Å². The van der Waals surface area contributed by atoms with E-state index in [0.717, 1.165) is 4.47 Å². The van der Waals surface area contributed by atoms with Gasteiger partial charge in [-0.2, -0.15) is 0 Å². The molecule has 1 aromatic carbocycles. The number of benzene rings is 1. The summed E-state index contributed by atoms with van der Waals surface area (Å²) in [4.78, 5) is 22.5. The number of carbonyl (C=O) groups is 2. The van der Waals surface area contributed by atoms with Crippen LogP contribution in [0.15, 0.2) is 28.7 Å². The Morgan fingerprint density at radius 1 is 1.43 bits per heavy atom. The highest BCUT2D eigenvalue weighted by atomic mass is 79.9. The third-order valence-corrected chi connectivity index (χ3v) is 3.07. The summed E-state index contributed by atoms with van der Waals surface area (Å²) in [5.41, 5.74) is 0. The molecule has 0 spiro atoms. The van der Waals surface area contributed by atoms with E-state index in [9.17, 15) is 9.59 Å². The van der Waals surface area contributed by atoms with E-state index in [2.05, 4.69) is 21.2 Å². The molecule has 1 unspecified atom stereocenters. The first-order chi connectivity index (χ1) is 10.0. The Hall–Kier alpha value is -1.60. The van der Waals surface area contributed by atoms with Crippen molar-refractivity contribution in [2.24, 2.45) is 0 Å². The molecular weight excluding hydrogens is 342 g/mol. The molecule has 0 saturated heterocycles. The number of amides is 1. The van der Waals surface area contributed by atoms with Gasteiger partial charge in [0.1, 0.15) is 5.75 Å². The van der Waals surface area contributed by atoms with Crippen LogP contribution in [0.25, 0.3) is 0 Å². The van der Waals surface area contributed by atoms with Gasteiger partial charge in [0.25, 0.3) is 0 Å². The van der Waals surface area contributed by atoms with Crippen molar-refractivity contribution in [1.82, 2.24) is 5.32 Å². The van der Waals surface area contributed by atoms with Crippen molar-refractivity contribution in [2.75, 3.05) is 20.3 Å². The number of rotatable bonds is 9. The van der Waals surface area contributed by atoms with Gasteiger partial charge in [-0.1, -0.05) is 22.0 Å². The first-order valence-corrected chi connectivity index (χ1v) is 7.21. The van der Waals surface area contributed by atoms with Crippen LogP contribution in [0.4, 0.5) is 0 Å². The van der Waals surface area contributed by atoms with E-state index < -0.39 is 12.0 Å². The predicted molar refractivity (Wildman–Crippen MR) is 80.3 cm³/mol. The lowest BCUT2D eigenvalue weighted by Crippen LogP contribution is -2.43. The lowest BCUT2D eigenvalue weighted by Gasteiger charge is -2.13. The maximum atomic E-state index is 11.6. The second kappa shape index (κ2) is 9.36. The van der Waals surface area contributed by atoms with Crippen LogP contribution in [0.1, 0.15) is 12.8 Å². The lowest BCUT2D eigenvalue weighted by molar-refractivity contribution is -0.143. The summed E-state index contributed by atoms with van der Waals surface area (Å²) in [6.07, 6.45) is 0.694. The topological polar surface area (TPSA) is 84.9 Å². The summed E-state index contributed by atoms with van der Waals surface area (Å²) >= 11 is 3.34. The fourth-order valence-electron chi connectivity index (χ4n) is 1.59. The van der Waals surface area contributed by atoms with Crippen LogP contribution >= 0.6 is 15.9 Å². The predicted octanol–water partition coefficient (Wildman–Crippen LogP) is 1.82. The average molecular weight is 360 g/mol. The summed E-state index contributed by atoms with van der Waals surface area (Å²) < 4.78 is 11.1. The molecule has 1 amide bonds. The molecule has 21 heavy (non-hydrogen) atoms. The molecule has 0 radical (unpaired) electrons. The molecule has 0 aliphatic carbocycles. The number of aliphatic carboxylic acids is 1. The molecule has 0 fully saturated rings. The van der Waals surface area contributed by atoms with Crippen LogP contribution in [0.3, 0.4) is 0 Å². The van der Waals surface area contributed by atoms with Crippen molar-refractivity contribution in [1.29, 1.82) is 0 Å². The fourth-order valence-corrected chi connectivity index (χ4v) is 1.97. The van der Waals surface area contributed by atoms with Gasteiger partial charge < -0.3 is 19.9 Å². The van der Waals surface area contributed by atoms with Crippen LogP contribution in [0, 0.1) is 0 Å². The molecule has 1 atom stereocenters. The molecule has 1 aromatic rings. The summed E-state index contributed by atoms with van der Waals surface area (Å²) in [7, 11) is 1.38. The van der Waals surface area contributed by atoms with Gasteiger partial charge in [0, 0.05) is 18.0 Å². The zero-order valence-electron chi connectivity index (χ0n) is 11.7. The molecule has 0 aliphatic rings. The Balaban J connectivity index is 2.25. The molecule has 0 aromatic heterocycles. The number of carboxylic acid groups (broad SMARTS) is 1. The van der Waals surface area contributed by atoms with Gasteiger partial charge in [-0.05, 0) is 24.6 Å². The first kappa shape index (κ1) is 17.5. The van der Waals surface area contributed by atoms with Crippen molar-refractivity contribution in [3.8, 4) is 5.75 Å². The third kappa shape index (κ3) is 7.10. The van der Waals surface area contributed by atoms with Gasteiger partial charge in [-0.15, -0.1) is 0 Å². The van der Waals surface area contributed by atoms with E-state index in [4.69, 9.17) is 14.6 Å². The second-order valence-electron chi connectivity index (χ2n) is 4.32. The number of hydrogen-bond donors (Lipinski definition) is 2. The third-order valence-electron chi connectivity index (χ3n) is 2.58. The quantitative estimate of drug-likeness (QED) is 0.657. The van der Waals surface area contributed by atoms with Crippen LogP contribution in [-0.4, -0.2) is 43.3 Å². The first-order valence-electron chi connectivity index (χ1n) is 6.42. The van der Waals surface area contributed by atoms with Crippen molar-refractivity contribution < 1.29 is 24.2 Å². The Morgan fingerprint density at radius 2 is 2.19 bits per heavy atom. The van der Waals surface area contributed by atoms with Crippen molar-refractivity contribution in [3.63, 3.8) is 0 Å². The largest absolute Gasteiger partial charge is 0.494 e. The zero-order valence-corrected chi connectivity index (χ0v) is 13.3. The molecule has 1 rings (SSSR count). The molecule has 2 N–H and O–H groups in total. The van der Waals surface area contributed by atoms with E-state index in [0.29, 0.717) is 18.8 Å². The van der Waals surface area contributed by atoms with E-state index in [-0.39, 0.29) is 18.9 Å². The van der Waals surface area contributed by atoms with Gasteiger partial charge in [-0.3, -0.25) is 4.79 Å². The Labute approximate surface area is 131 Å². The Bertz CT molecular complexity index is 480. The maximum absolute atomic E-state index is 11.6. The van der Waals surface area contributed by atoms with Gasteiger partial charge >= 0.3 is 5.97 Å². The SMILES string of the molecule is COCC(NC(=O)CCCOc1cccc(Br)c1)C(=O)O. The van der Waals surface area contributed by atoms with Crippen LogP contribution in [0.2, 0.25) is 0 Å². The lowest BCUT2D eigenvalue weighted by atomic mass is 10.2. The van der Waals surface area contributed by atoms with E-state index in [1.807, 2.05) is 24.3 Å². The molecule has 116 valence electrons. The summed E-state index contributed by atoms with van der Waals surface area (Å²) in [5, 5.41) is 11.3. The number of carbonyl (C=O) groups excluding carboxylic acids is 1. The average Bonchev–Trinajstić information content (AvgIpc) is 2.43. The van der Waals surface area contributed by atoms with E-state index >= 15 is 0 Å². The molecule has 0 bridgehead atoms. The number of hydrogen-bond acceptors (Lipinski definition) is 4. The Kier molecular flexibility index (Phi) is 7.78. The van der Waals surface area contributed by atoms with Crippen molar-refractivity contribution in [2.45, 2.75) is 18.9 Å². The number of halogens is 1. The summed E-state index contributed by atoms with van der Waals surface area (Å²) in [5.74, 6) is -0.736. The number of carboxylic acids is 1. The molecule has 0 saturated carbocycles. The van der Waals surface area contributed by atoms with Crippen LogP contribution in [-0.2, 0) is 14.3 Å². The highest BCUT2D eigenvalue weighted by molar-refractivity contribution is 9.10. The van der Waals surface area contributed by atoms with Crippen LogP contribution in [0.5, 0.6) is 5.75 Å². The zero-order chi connectivity index (χ0) is 15.7. The number of methoxy groups -OCH3 is 1. The fraction of sp³-hybridized carbons (Fsp3) is 0.429. The molecule has 6 nitrogen and oxygen atoms in total. The number of nitrogens with one attached hydrogen (secondary N) is 1. The van der Waals surface area contributed by atoms with Gasteiger partial charge in [-0.25, -0.2) is 4.79 Å². The minimum absolute atomic E-state index is 0.0599. The summed E-state index contributed by atoms with van der Waals surface area (Å²) in [6.45, 7) is 0.321. The maximum Gasteiger partial charge on any atom is 0.328 e. The second-order valence-corrected chi connectivity index (χ2v) is 5.24. The van der Waals surface area contributed by atoms with Crippen molar-refractivity contribution in [3.05, 3.63) is 28.7 Å². The molecular formula is C14H18BrNO5. The minimum atomic E-state index is -1.12. The van der Waals surface area contributed by atoms with Gasteiger partial charge in [0.15, 0.2) is 6.04 Å². The Morgan fingerprint density at radius 3 is 2.81 bits per heavy atom. The van der Waals surface area contributed by atoms with E-state index in [1.54, 1.807) is 0 Å². The van der Waals surface area contributed by atoms with E-state index in [1.165, 1.54) is 7.11 Å². The highest BCUT2D eigenvalue weighted by Crippen LogP contribution is 2.17. The minimum Gasteiger partial charge on any atom is -0.494 e. The highest BCUT2D eigenvalue weighted by Gasteiger charge is 2.19. The molecule has 0 heterocycles. The summed E-state index contributed by atoms with van der Waals surface area (Å²) in [6, 6.07) is 6.38. The van der Waals surface area contributed by atoms with Gasteiger partial charge in [0.05, 0.1) is 13.2 Å². The molecule has 7 heteroatoms. The monoisotopic (exact) mass is 359 g/mol. The molecule has 0 aliphatic heterocycles. The smallest absolute Gasteiger partial charge is 0.328 e. The van der Waals surface area contributed by atoms with Crippen LogP contribution < -0.4 is 10.1 Å². The van der Waals surface area contributed by atoms with Crippen molar-refractivity contribution >= 4 is 27.8 Å². The standard InChI is InChI=1S/C14H18BrNO5/c1-20-9-12(14(18)19)16-13(17)6-3-7-21-11-5-2-4-10(15)8-11/h2,4-5,8,12H,3,6-7,9H2,1H3,(H,16,17)(H,18,19). The normalized spacial score (nSPS) is 11.7.